The van der Waals surface area contributed by atoms with E-state index in [1.54, 1.807) is 31.8 Å². The molecule has 132 valence electrons. The third-order valence-electron chi connectivity index (χ3n) is 4.52. The molecule has 3 heterocycles. The molecule has 2 aromatic rings. The van der Waals surface area contributed by atoms with Gasteiger partial charge in [0.2, 0.25) is 0 Å². The number of anilines is 1. The van der Waals surface area contributed by atoms with Gasteiger partial charge in [-0.25, -0.2) is 4.79 Å². The average molecular weight is 341 g/mol. The van der Waals surface area contributed by atoms with Crippen molar-refractivity contribution >= 4 is 11.7 Å². The smallest absolute Gasteiger partial charge is 0.321 e. The molecule has 2 aromatic heterocycles. The highest BCUT2D eigenvalue weighted by atomic mass is 16.5. The summed E-state index contributed by atoms with van der Waals surface area (Å²) in [5.74, 6) is 0.618. The molecule has 1 aliphatic rings. The average Bonchev–Trinajstić information content (AvgIpc) is 2.68. The van der Waals surface area contributed by atoms with E-state index in [1.807, 2.05) is 17.2 Å². The summed E-state index contributed by atoms with van der Waals surface area (Å²) in [6.07, 6.45) is 6.90. The highest BCUT2D eigenvalue weighted by Gasteiger charge is 2.24. The Bertz CT molecular complexity index is 702. The SMILES string of the molecule is COc1cncc(NC(=O)N2CCN(C(C)c3cccnc3)CC2)c1. The van der Waals surface area contributed by atoms with Crippen molar-refractivity contribution < 1.29 is 9.53 Å². The lowest BCUT2D eigenvalue weighted by Crippen LogP contribution is -2.50. The number of aromatic nitrogens is 2. The van der Waals surface area contributed by atoms with Crippen molar-refractivity contribution in [3.8, 4) is 5.75 Å². The van der Waals surface area contributed by atoms with Gasteiger partial charge in [-0.3, -0.25) is 14.9 Å². The molecule has 0 aromatic carbocycles. The molecule has 0 saturated carbocycles. The number of carbonyl (C=O) groups is 1. The van der Waals surface area contributed by atoms with Crippen LogP contribution in [-0.4, -0.2) is 59.1 Å². The van der Waals surface area contributed by atoms with Gasteiger partial charge in [-0.2, -0.15) is 0 Å². The summed E-state index contributed by atoms with van der Waals surface area (Å²) in [6, 6.07) is 5.99. The van der Waals surface area contributed by atoms with Crippen LogP contribution in [0.5, 0.6) is 5.75 Å². The molecule has 0 aliphatic carbocycles. The van der Waals surface area contributed by atoms with Gasteiger partial charge in [-0.1, -0.05) is 6.07 Å². The Morgan fingerprint density at radius 1 is 1.20 bits per heavy atom. The van der Waals surface area contributed by atoms with E-state index < -0.39 is 0 Å². The number of rotatable bonds is 4. The molecule has 25 heavy (non-hydrogen) atoms. The van der Waals surface area contributed by atoms with Crippen LogP contribution in [0, 0.1) is 0 Å². The molecule has 0 bridgehead atoms. The normalized spacial score (nSPS) is 16.3. The van der Waals surface area contributed by atoms with E-state index in [2.05, 4.69) is 33.2 Å². The first-order valence-corrected chi connectivity index (χ1v) is 8.36. The van der Waals surface area contributed by atoms with Crippen molar-refractivity contribution in [2.45, 2.75) is 13.0 Å². The minimum atomic E-state index is -0.108. The zero-order valence-electron chi connectivity index (χ0n) is 14.6. The van der Waals surface area contributed by atoms with Gasteiger partial charge in [0.05, 0.1) is 25.2 Å². The maximum atomic E-state index is 12.4. The molecular weight excluding hydrogens is 318 g/mol. The van der Waals surface area contributed by atoms with E-state index in [9.17, 15) is 4.79 Å². The van der Waals surface area contributed by atoms with Gasteiger partial charge in [0.25, 0.3) is 0 Å². The van der Waals surface area contributed by atoms with Crippen LogP contribution in [0.2, 0.25) is 0 Å². The number of piperazine rings is 1. The Morgan fingerprint density at radius 2 is 2.00 bits per heavy atom. The number of amides is 2. The van der Waals surface area contributed by atoms with Crippen LogP contribution in [-0.2, 0) is 0 Å². The van der Waals surface area contributed by atoms with Gasteiger partial charge < -0.3 is 15.0 Å². The summed E-state index contributed by atoms with van der Waals surface area (Å²) in [7, 11) is 1.57. The molecule has 1 aliphatic heterocycles. The van der Waals surface area contributed by atoms with Crippen molar-refractivity contribution in [2.24, 2.45) is 0 Å². The van der Waals surface area contributed by atoms with Crippen molar-refractivity contribution in [1.29, 1.82) is 0 Å². The first-order chi connectivity index (χ1) is 12.2. The van der Waals surface area contributed by atoms with E-state index in [0.717, 1.165) is 13.1 Å². The topological polar surface area (TPSA) is 70.6 Å². The summed E-state index contributed by atoms with van der Waals surface area (Å²) in [5.41, 5.74) is 1.83. The van der Waals surface area contributed by atoms with E-state index in [0.29, 0.717) is 30.6 Å². The lowest BCUT2D eigenvalue weighted by molar-refractivity contribution is 0.119. The number of pyridine rings is 2. The Hall–Kier alpha value is -2.67. The van der Waals surface area contributed by atoms with Crippen LogP contribution < -0.4 is 10.1 Å². The predicted molar refractivity (Wildman–Crippen MR) is 95.6 cm³/mol. The number of hydrogen-bond donors (Lipinski definition) is 1. The molecule has 7 nitrogen and oxygen atoms in total. The van der Waals surface area contributed by atoms with Gasteiger partial charge >= 0.3 is 6.03 Å². The second-order valence-electron chi connectivity index (χ2n) is 6.03. The minimum Gasteiger partial charge on any atom is -0.495 e. The molecule has 2 amide bonds. The maximum absolute atomic E-state index is 12.4. The molecular formula is C18H23N5O2. The standard InChI is InChI=1S/C18H23N5O2/c1-14(15-4-3-5-19-11-15)22-6-8-23(9-7-22)18(24)21-16-10-17(25-2)13-20-12-16/h3-5,10-14H,6-9H2,1-2H3,(H,21,24). The van der Waals surface area contributed by atoms with Crippen LogP contribution in [0.25, 0.3) is 0 Å². The molecule has 0 spiro atoms. The number of carbonyl (C=O) groups excluding carboxylic acids is 1. The largest absolute Gasteiger partial charge is 0.495 e. The summed E-state index contributed by atoms with van der Waals surface area (Å²) < 4.78 is 5.13. The number of hydrogen-bond acceptors (Lipinski definition) is 5. The Kier molecular flexibility index (Phi) is 5.45. The summed E-state index contributed by atoms with van der Waals surface area (Å²) in [6.45, 7) is 5.22. The predicted octanol–water partition coefficient (Wildman–Crippen LogP) is 2.40. The summed E-state index contributed by atoms with van der Waals surface area (Å²) >= 11 is 0. The third kappa shape index (κ3) is 4.24. The Morgan fingerprint density at radius 3 is 2.68 bits per heavy atom. The van der Waals surface area contributed by atoms with Gasteiger partial charge in [0, 0.05) is 50.7 Å². The molecule has 7 heteroatoms. The van der Waals surface area contributed by atoms with Gasteiger partial charge in [-0.15, -0.1) is 0 Å². The fraction of sp³-hybridized carbons (Fsp3) is 0.389. The van der Waals surface area contributed by atoms with Crippen LogP contribution in [0.3, 0.4) is 0 Å². The monoisotopic (exact) mass is 341 g/mol. The van der Waals surface area contributed by atoms with Crippen molar-refractivity contribution in [3.63, 3.8) is 0 Å². The van der Waals surface area contributed by atoms with E-state index in [4.69, 9.17) is 4.74 Å². The maximum Gasteiger partial charge on any atom is 0.321 e. The van der Waals surface area contributed by atoms with Crippen LogP contribution in [0.1, 0.15) is 18.5 Å². The highest BCUT2D eigenvalue weighted by molar-refractivity contribution is 5.89. The van der Waals surface area contributed by atoms with E-state index >= 15 is 0 Å². The van der Waals surface area contributed by atoms with Crippen LogP contribution >= 0.6 is 0 Å². The second-order valence-corrected chi connectivity index (χ2v) is 6.03. The van der Waals surface area contributed by atoms with Crippen molar-refractivity contribution in [1.82, 2.24) is 19.8 Å². The molecule has 3 rings (SSSR count). The quantitative estimate of drug-likeness (QED) is 0.925. The fourth-order valence-corrected chi connectivity index (χ4v) is 2.95. The van der Waals surface area contributed by atoms with Gasteiger partial charge in [-0.05, 0) is 18.6 Å². The molecule has 0 radical (unpaired) electrons. The molecule has 1 unspecified atom stereocenters. The molecule has 1 saturated heterocycles. The Balaban J connectivity index is 1.54. The lowest BCUT2D eigenvalue weighted by atomic mass is 10.1. The number of methoxy groups -OCH3 is 1. The number of urea groups is 1. The van der Waals surface area contributed by atoms with Crippen LogP contribution in [0.4, 0.5) is 10.5 Å². The summed E-state index contributed by atoms with van der Waals surface area (Å²) in [5, 5.41) is 2.88. The number of nitrogens with zero attached hydrogens (tertiary/aromatic N) is 4. The minimum absolute atomic E-state index is 0.108. The van der Waals surface area contributed by atoms with Gasteiger partial charge in [0.1, 0.15) is 5.75 Å². The van der Waals surface area contributed by atoms with Crippen molar-refractivity contribution in [3.05, 3.63) is 48.5 Å². The zero-order chi connectivity index (χ0) is 17.6. The first-order valence-electron chi connectivity index (χ1n) is 8.36. The summed E-state index contributed by atoms with van der Waals surface area (Å²) in [4.78, 5) is 24.9. The molecule has 1 N–H and O–H groups in total. The fourth-order valence-electron chi connectivity index (χ4n) is 2.95. The van der Waals surface area contributed by atoms with E-state index in [-0.39, 0.29) is 6.03 Å². The van der Waals surface area contributed by atoms with Crippen molar-refractivity contribution in [2.75, 3.05) is 38.6 Å². The van der Waals surface area contributed by atoms with E-state index in [1.165, 1.54) is 5.56 Å². The number of ether oxygens (including phenoxy) is 1. The Labute approximate surface area is 147 Å². The second kappa shape index (κ2) is 7.94. The zero-order valence-corrected chi connectivity index (χ0v) is 14.6. The van der Waals surface area contributed by atoms with Crippen LogP contribution in [0.15, 0.2) is 43.0 Å². The first kappa shape index (κ1) is 17.2. The lowest BCUT2D eigenvalue weighted by Gasteiger charge is -2.38. The third-order valence-corrected chi connectivity index (χ3v) is 4.52. The highest BCUT2D eigenvalue weighted by Crippen LogP contribution is 2.21. The molecule has 1 atom stereocenters. The number of nitrogens with one attached hydrogen (secondary N) is 1. The van der Waals surface area contributed by atoms with Gasteiger partial charge in [0.15, 0.2) is 0 Å². The molecule has 1 fully saturated rings.